The lowest BCUT2D eigenvalue weighted by Crippen LogP contribution is -2.29. The molecular weight excluding hydrogens is 215 g/mol. The Balaban J connectivity index is 3.16. The van der Waals surface area contributed by atoms with Crippen LogP contribution >= 0.6 is 23.2 Å². The highest BCUT2D eigenvalue weighted by atomic mass is 35.5. The van der Waals surface area contributed by atoms with Crippen LogP contribution < -0.4 is 11.2 Å². The summed E-state index contributed by atoms with van der Waals surface area (Å²) < 4.78 is 1.24. The van der Waals surface area contributed by atoms with Crippen LogP contribution in [-0.4, -0.2) is 9.55 Å². The van der Waals surface area contributed by atoms with Gasteiger partial charge in [-0.25, -0.2) is 4.79 Å². The fourth-order valence-corrected chi connectivity index (χ4v) is 1.02. The number of rotatable bonds is 2. The molecule has 1 aromatic rings. The summed E-state index contributed by atoms with van der Waals surface area (Å²) in [5.74, 6) is 0. The molecule has 4 nitrogen and oxygen atoms in total. The van der Waals surface area contributed by atoms with Crippen molar-refractivity contribution in [1.29, 1.82) is 0 Å². The van der Waals surface area contributed by atoms with Crippen LogP contribution in [0.2, 0.25) is 5.02 Å². The molecule has 0 unspecified atom stereocenters. The predicted molar refractivity (Wildman–Crippen MR) is 51.3 cm³/mol. The maximum atomic E-state index is 11.1. The summed E-state index contributed by atoms with van der Waals surface area (Å²) in [6.07, 6.45) is 2.82. The molecule has 0 spiro atoms. The Morgan fingerprint density at radius 2 is 2.23 bits per heavy atom. The molecule has 0 fully saturated rings. The zero-order chi connectivity index (χ0) is 9.84. The van der Waals surface area contributed by atoms with Crippen LogP contribution in [0, 0.1) is 0 Å². The van der Waals surface area contributed by atoms with Gasteiger partial charge in [0.05, 0.1) is 0 Å². The number of hydrogen-bond acceptors (Lipinski definition) is 2. The van der Waals surface area contributed by atoms with Gasteiger partial charge < -0.3 is 0 Å². The quantitative estimate of drug-likeness (QED) is 0.807. The maximum absolute atomic E-state index is 11.1. The van der Waals surface area contributed by atoms with Crippen LogP contribution in [0.3, 0.4) is 0 Å². The summed E-state index contributed by atoms with van der Waals surface area (Å²) in [6, 6.07) is 0. The minimum atomic E-state index is -0.585. The van der Waals surface area contributed by atoms with Crippen molar-refractivity contribution in [2.45, 2.75) is 6.54 Å². The Hall–Kier alpha value is -1.000. The first-order chi connectivity index (χ1) is 6.15. The van der Waals surface area contributed by atoms with Crippen LogP contribution in [0.1, 0.15) is 0 Å². The second-order valence-corrected chi connectivity index (χ2v) is 2.91. The van der Waals surface area contributed by atoms with Crippen LogP contribution in [-0.2, 0) is 6.54 Å². The topological polar surface area (TPSA) is 54.9 Å². The molecule has 13 heavy (non-hydrogen) atoms. The number of hydrogen-bond donors (Lipinski definition) is 1. The van der Waals surface area contributed by atoms with Gasteiger partial charge in [0, 0.05) is 18.3 Å². The Morgan fingerprint density at radius 3 is 2.85 bits per heavy atom. The van der Waals surface area contributed by atoms with E-state index in [1.807, 2.05) is 0 Å². The second-order valence-electron chi connectivity index (χ2n) is 2.25. The molecule has 1 aromatic heterocycles. The van der Waals surface area contributed by atoms with Crippen molar-refractivity contribution < 1.29 is 0 Å². The van der Waals surface area contributed by atoms with E-state index in [-0.39, 0.29) is 11.6 Å². The minimum absolute atomic E-state index is 0.0254. The van der Waals surface area contributed by atoms with Gasteiger partial charge in [0.2, 0.25) is 0 Å². The molecule has 0 amide bonds. The molecule has 0 radical (unpaired) electrons. The number of halogens is 2. The average molecular weight is 221 g/mol. The molecular formula is C7H6Cl2N2O2. The predicted octanol–water partition coefficient (Wildman–Crippen LogP) is 0.942. The molecule has 0 saturated heterocycles. The highest BCUT2D eigenvalue weighted by Crippen LogP contribution is 1.95. The number of H-pyrrole nitrogens is 1. The first-order valence-electron chi connectivity index (χ1n) is 3.39. The number of nitrogens with zero attached hydrogens (tertiary/aromatic N) is 1. The fraction of sp³-hybridized carbons (Fsp3) is 0.143. The number of nitrogens with one attached hydrogen (secondary N) is 1. The van der Waals surface area contributed by atoms with Gasteiger partial charge in [-0.05, 0) is 0 Å². The van der Waals surface area contributed by atoms with Crippen molar-refractivity contribution >= 4 is 23.2 Å². The SMILES string of the molecule is O=c1[nH]c(=O)n(CC=CCl)cc1Cl. The van der Waals surface area contributed by atoms with Gasteiger partial charge in [0.25, 0.3) is 5.56 Å². The van der Waals surface area contributed by atoms with Crippen LogP contribution in [0.25, 0.3) is 0 Å². The van der Waals surface area contributed by atoms with E-state index in [0.29, 0.717) is 0 Å². The Morgan fingerprint density at radius 1 is 1.54 bits per heavy atom. The molecule has 0 aliphatic heterocycles. The van der Waals surface area contributed by atoms with Gasteiger partial charge in [-0.15, -0.1) is 0 Å². The first kappa shape index (κ1) is 10.1. The highest BCUT2D eigenvalue weighted by molar-refractivity contribution is 6.30. The van der Waals surface area contributed by atoms with E-state index in [4.69, 9.17) is 23.2 Å². The summed E-state index contributed by atoms with van der Waals surface area (Å²) in [4.78, 5) is 23.9. The third kappa shape index (κ3) is 2.47. The van der Waals surface area contributed by atoms with Gasteiger partial charge in [-0.3, -0.25) is 14.3 Å². The van der Waals surface area contributed by atoms with Crippen molar-refractivity contribution in [3.05, 3.63) is 43.7 Å². The molecule has 1 heterocycles. The summed E-state index contributed by atoms with van der Waals surface area (Å²) in [6.45, 7) is 0.277. The fourth-order valence-electron chi connectivity index (χ4n) is 0.772. The van der Waals surface area contributed by atoms with Crippen LogP contribution in [0.4, 0.5) is 0 Å². The normalized spacial score (nSPS) is 10.9. The van der Waals surface area contributed by atoms with E-state index in [0.717, 1.165) is 0 Å². The number of allylic oxidation sites excluding steroid dienone is 1. The molecule has 0 aliphatic carbocycles. The molecule has 1 N–H and O–H groups in total. The molecule has 0 aromatic carbocycles. The average Bonchev–Trinajstić information content (AvgIpc) is 2.09. The van der Waals surface area contributed by atoms with Crippen molar-refractivity contribution in [2.24, 2.45) is 0 Å². The van der Waals surface area contributed by atoms with Crippen molar-refractivity contribution in [2.75, 3.05) is 0 Å². The molecule has 0 saturated carbocycles. The Kier molecular flexibility index (Phi) is 3.33. The standard InChI is InChI=1S/C7H6Cl2N2O2/c8-2-1-3-11-4-5(9)6(12)10-7(11)13/h1-2,4H,3H2,(H,10,12,13). The smallest absolute Gasteiger partial charge is 0.295 e. The van der Waals surface area contributed by atoms with Gasteiger partial charge in [-0.1, -0.05) is 29.3 Å². The molecule has 0 atom stereocenters. The monoisotopic (exact) mass is 220 g/mol. The number of aromatic amines is 1. The maximum Gasteiger partial charge on any atom is 0.328 e. The third-order valence-electron chi connectivity index (χ3n) is 1.36. The van der Waals surface area contributed by atoms with Crippen molar-refractivity contribution in [3.8, 4) is 0 Å². The zero-order valence-electron chi connectivity index (χ0n) is 6.46. The second kappa shape index (κ2) is 4.30. The van der Waals surface area contributed by atoms with Crippen LogP contribution in [0.15, 0.2) is 27.4 Å². The Labute approximate surface area is 83.4 Å². The molecule has 0 aliphatic rings. The van der Waals surface area contributed by atoms with Gasteiger partial charge in [0.15, 0.2) is 0 Å². The van der Waals surface area contributed by atoms with Crippen molar-refractivity contribution in [1.82, 2.24) is 9.55 Å². The number of aromatic nitrogens is 2. The molecule has 0 bridgehead atoms. The third-order valence-corrected chi connectivity index (χ3v) is 1.81. The lowest BCUT2D eigenvalue weighted by atomic mass is 10.5. The largest absolute Gasteiger partial charge is 0.328 e. The van der Waals surface area contributed by atoms with E-state index < -0.39 is 11.2 Å². The van der Waals surface area contributed by atoms with E-state index in [1.165, 1.54) is 16.3 Å². The van der Waals surface area contributed by atoms with E-state index in [9.17, 15) is 9.59 Å². The first-order valence-corrected chi connectivity index (χ1v) is 4.21. The molecule has 1 rings (SSSR count). The van der Waals surface area contributed by atoms with Crippen LogP contribution in [0.5, 0.6) is 0 Å². The minimum Gasteiger partial charge on any atom is -0.295 e. The van der Waals surface area contributed by atoms with E-state index in [2.05, 4.69) is 4.98 Å². The zero-order valence-corrected chi connectivity index (χ0v) is 7.97. The summed E-state index contributed by atoms with van der Waals surface area (Å²) in [5, 5.41) is -0.0254. The lowest BCUT2D eigenvalue weighted by Gasteiger charge is -1.99. The van der Waals surface area contributed by atoms with Gasteiger partial charge in [0.1, 0.15) is 5.02 Å². The highest BCUT2D eigenvalue weighted by Gasteiger charge is 1.99. The van der Waals surface area contributed by atoms with Crippen molar-refractivity contribution in [3.63, 3.8) is 0 Å². The van der Waals surface area contributed by atoms with E-state index >= 15 is 0 Å². The summed E-state index contributed by atoms with van der Waals surface area (Å²) in [7, 11) is 0. The van der Waals surface area contributed by atoms with E-state index in [1.54, 1.807) is 6.08 Å². The molecule has 6 heteroatoms. The van der Waals surface area contributed by atoms with Gasteiger partial charge in [-0.2, -0.15) is 0 Å². The molecule has 70 valence electrons. The summed E-state index contributed by atoms with van der Waals surface area (Å²) >= 11 is 10.8. The Bertz CT molecular complexity index is 433. The van der Waals surface area contributed by atoms with Gasteiger partial charge >= 0.3 is 5.69 Å². The lowest BCUT2D eigenvalue weighted by molar-refractivity contribution is 0.737. The summed E-state index contributed by atoms with van der Waals surface area (Å²) in [5.41, 5.74) is 0.188.